The first kappa shape index (κ1) is 16.6. The maximum atomic E-state index is 13.2. The number of hydrogen-bond acceptors (Lipinski definition) is 2. The minimum Gasteiger partial charge on any atom is -0.338 e. The third kappa shape index (κ3) is 3.90. The van der Waals surface area contributed by atoms with Crippen molar-refractivity contribution in [3.8, 4) is 0 Å². The summed E-state index contributed by atoms with van der Waals surface area (Å²) in [6.07, 6.45) is 1.34. The van der Waals surface area contributed by atoms with E-state index in [1.54, 1.807) is 4.90 Å². The molecule has 2 aliphatic rings. The second kappa shape index (κ2) is 6.99. The molecule has 0 aromatic heterocycles. The molecule has 21 heavy (non-hydrogen) atoms. The van der Waals surface area contributed by atoms with E-state index in [1.807, 2.05) is 0 Å². The predicted octanol–water partition coefficient (Wildman–Crippen LogP) is 3.09. The summed E-state index contributed by atoms with van der Waals surface area (Å²) < 4.78 is 39.5. The lowest BCUT2D eigenvalue weighted by atomic mass is 9.77. The van der Waals surface area contributed by atoms with Crippen molar-refractivity contribution in [3.63, 3.8) is 0 Å². The van der Waals surface area contributed by atoms with Gasteiger partial charge in [-0.1, -0.05) is 25.7 Å². The van der Waals surface area contributed by atoms with Crippen LogP contribution in [0.4, 0.5) is 13.2 Å². The fourth-order valence-corrected chi connectivity index (χ4v) is 3.86. The highest BCUT2D eigenvalue weighted by atomic mass is 19.4. The second-order valence-electron chi connectivity index (χ2n) is 6.30. The molecule has 0 aromatic rings. The van der Waals surface area contributed by atoms with Crippen molar-refractivity contribution in [3.05, 3.63) is 0 Å². The number of alkyl halides is 3. The number of rotatable bonds is 4. The first-order chi connectivity index (χ1) is 9.95. The Morgan fingerprint density at radius 1 is 1.05 bits per heavy atom. The normalized spacial score (nSPS) is 27.8. The Kier molecular flexibility index (Phi) is 5.52. The highest BCUT2D eigenvalue weighted by molar-refractivity contribution is 5.79. The molecule has 2 aliphatic carbocycles. The number of nitrogens with zero attached hydrogens (tertiary/aromatic N) is 1. The Hall–Kier alpha value is -0.780. The summed E-state index contributed by atoms with van der Waals surface area (Å²) in [5.74, 6) is -2.68. The van der Waals surface area contributed by atoms with Crippen molar-refractivity contribution in [2.24, 2.45) is 17.6 Å². The fraction of sp³-hybridized carbons (Fsp3) is 0.933. The molecular weight excluding hydrogens is 281 g/mol. The molecule has 0 bridgehead atoms. The van der Waals surface area contributed by atoms with Gasteiger partial charge in [0.05, 0.1) is 5.92 Å². The lowest BCUT2D eigenvalue weighted by molar-refractivity contribution is -0.201. The summed E-state index contributed by atoms with van der Waals surface area (Å²) in [6.45, 7) is 0.691. The van der Waals surface area contributed by atoms with E-state index in [4.69, 9.17) is 5.73 Å². The SMILES string of the molecule is NCCN(C(=O)C1CCCCC1C(F)(F)F)C1CCCC1. The summed E-state index contributed by atoms with van der Waals surface area (Å²) in [7, 11) is 0. The molecule has 2 atom stereocenters. The summed E-state index contributed by atoms with van der Waals surface area (Å²) >= 11 is 0. The molecule has 0 spiro atoms. The summed E-state index contributed by atoms with van der Waals surface area (Å²) in [5, 5.41) is 0. The van der Waals surface area contributed by atoms with Crippen molar-refractivity contribution in [1.29, 1.82) is 0 Å². The zero-order chi connectivity index (χ0) is 15.5. The van der Waals surface area contributed by atoms with Crippen molar-refractivity contribution >= 4 is 5.91 Å². The molecule has 122 valence electrons. The van der Waals surface area contributed by atoms with E-state index < -0.39 is 18.0 Å². The van der Waals surface area contributed by atoms with Gasteiger partial charge in [0.2, 0.25) is 5.91 Å². The Bertz CT molecular complexity index is 353. The van der Waals surface area contributed by atoms with Crippen LogP contribution in [0.1, 0.15) is 51.4 Å². The quantitative estimate of drug-likeness (QED) is 0.867. The zero-order valence-electron chi connectivity index (χ0n) is 12.4. The van der Waals surface area contributed by atoms with E-state index in [2.05, 4.69) is 0 Å². The molecule has 2 unspecified atom stereocenters. The van der Waals surface area contributed by atoms with E-state index in [9.17, 15) is 18.0 Å². The van der Waals surface area contributed by atoms with E-state index in [1.165, 1.54) is 0 Å². The molecule has 0 aromatic carbocycles. The van der Waals surface area contributed by atoms with Crippen molar-refractivity contribution in [2.45, 2.75) is 63.6 Å². The molecule has 3 nitrogen and oxygen atoms in total. The lowest BCUT2D eigenvalue weighted by Gasteiger charge is -2.38. The van der Waals surface area contributed by atoms with Crippen LogP contribution in [0.2, 0.25) is 0 Å². The molecule has 0 heterocycles. The van der Waals surface area contributed by atoms with Gasteiger partial charge in [0.1, 0.15) is 0 Å². The number of carbonyl (C=O) groups excluding carboxylic acids is 1. The van der Waals surface area contributed by atoms with Gasteiger partial charge in [-0.15, -0.1) is 0 Å². The summed E-state index contributed by atoms with van der Waals surface area (Å²) in [5.41, 5.74) is 5.57. The first-order valence-electron chi connectivity index (χ1n) is 8.02. The number of halogens is 3. The topological polar surface area (TPSA) is 46.3 Å². The predicted molar refractivity (Wildman–Crippen MR) is 74.5 cm³/mol. The third-order valence-electron chi connectivity index (χ3n) is 4.92. The van der Waals surface area contributed by atoms with Gasteiger partial charge in [0.25, 0.3) is 0 Å². The largest absolute Gasteiger partial charge is 0.392 e. The van der Waals surface area contributed by atoms with Crippen LogP contribution in [0, 0.1) is 11.8 Å². The molecule has 0 saturated heterocycles. The second-order valence-corrected chi connectivity index (χ2v) is 6.30. The van der Waals surface area contributed by atoms with Crippen LogP contribution < -0.4 is 5.73 Å². The average Bonchev–Trinajstić information content (AvgIpc) is 2.97. The number of nitrogens with two attached hydrogens (primary N) is 1. The van der Waals surface area contributed by atoms with Crippen molar-refractivity contribution < 1.29 is 18.0 Å². The monoisotopic (exact) mass is 306 g/mol. The molecule has 6 heteroatoms. The van der Waals surface area contributed by atoms with Crippen LogP contribution in [-0.4, -0.2) is 36.1 Å². The van der Waals surface area contributed by atoms with Crippen LogP contribution in [-0.2, 0) is 4.79 Å². The minimum absolute atomic E-state index is 0.0844. The Labute approximate surface area is 124 Å². The highest BCUT2D eigenvalue weighted by Gasteiger charge is 2.49. The standard InChI is InChI=1S/C15H25F3N2O/c16-15(17,18)13-8-4-3-7-12(13)14(21)20(10-9-19)11-5-1-2-6-11/h11-13H,1-10,19H2. The lowest BCUT2D eigenvalue weighted by Crippen LogP contribution is -2.49. The molecule has 2 rings (SSSR count). The smallest absolute Gasteiger partial charge is 0.338 e. The van der Waals surface area contributed by atoms with Gasteiger partial charge in [0, 0.05) is 25.0 Å². The van der Waals surface area contributed by atoms with Gasteiger partial charge < -0.3 is 10.6 Å². The Balaban J connectivity index is 2.13. The molecular formula is C15H25F3N2O. The molecule has 2 N–H and O–H groups in total. The summed E-state index contributed by atoms with van der Waals surface area (Å²) in [6, 6.07) is 0.0943. The van der Waals surface area contributed by atoms with Crippen molar-refractivity contribution in [1.82, 2.24) is 4.90 Å². The number of hydrogen-bond donors (Lipinski definition) is 1. The first-order valence-corrected chi connectivity index (χ1v) is 8.02. The van der Waals surface area contributed by atoms with Gasteiger partial charge in [-0.3, -0.25) is 4.79 Å². The average molecular weight is 306 g/mol. The van der Waals surface area contributed by atoms with Crippen LogP contribution in [0.5, 0.6) is 0 Å². The fourth-order valence-electron chi connectivity index (χ4n) is 3.86. The van der Waals surface area contributed by atoms with Gasteiger partial charge in [-0.25, -0.2) is 0 Å². The van der Waals surface area contributed by atoms with Gasteiger partial charge in [-0.2, -0.15) is 13.2 Å². The van der Waals surface area contributed by atoms with Crippen LogP contribution in [0.25, 0.3) is 0 Å². The Morgan fingerprint density at radius 2 is 1.62 bits per heavy atom. The van der Waals surface area contributed by atoms with E-state index in [0.717, 1.165) is 25.7 Å². The molecule has 2 fully saturated rings. The highest BCUT2D eigenvalue weighted by Crippen LogP contribution is 2.42. The van der Waals surface area contributed by atoms with Crippen molar-refractivity contribution in [2.75, 3.05) is 13.1 Å². The molecule has 1 amide bonds. The number of amides is 1. The maximum absolute atomic E-state index is 13.2. The van der Waals surface area contributed by atoms with Gasteiger partial charge >= 0.3 is 6.18 Å². The van der Waals surface area contributed by atoms with Gasteiger partial charge in [0.15, 0.2) is 0 Å². The summed E-state index contributed by atoms with van der Waals surface area (Å²) in [4.78, 5) is 14.4. The third-order valence-corrected chi connectivity index (χ3v) is 4.92. The van der Waals surface area contributed by atoms with E-state index in [-0.39, 0.29) is 18.4 Å². The molecule has 2 saturated carbocycles. The Morgan fingerprint density at radius 3 is 2.19 bits per heavy atom. The number of carbonyl (C=O) groups is 1. The molecule has 0 radical (unpaired) electrons. The zero-order valence-corrected chi connectivity index (χ0v) is 12.4. The minimum atomic E-state index is -4.27. The molecule has 0 aliphatic heterocycles. The van der Waals surface area contributed by atoms with E-state index in [0.29, 0.717) is 32.4 Å². The van der Waals surface area contributed by atoms with E-state index >= 15 is 0 Å². The van der Waals surface area contributed by atoms with Crippen LogP contribution in [0.15, 0.2) is 0 Å². The van der Waals surface area contributed by atoms with Crippen LogP contribution in [0.3, 0.4) is 0 Å². The maximum Gasteiger partial charge on any atom is 0.392 e. The van der Waals surface area contributed by atoms with Crippen LogP contribution >= 0.6 is 0 Å². The van der Waals surface area contributed by atoms with Gasteiger partial charge in [-0.05, 0) is 25.7 Å².